The average molecular weight is 294 g/mol. The van der Waals surface area contributed by atoms with Crippen molar-refractivity contribution in [2.45, 2.75) is 11.8 Å². The predicted octanol–water partition coefficient (Wildman–Crippen LogP) is 2.54. The molecule has 4 nitrogen and oxygen atoms in total. The Kier molecular flexibility index (Phi) is 3.67. The number of rotatable bonds is 3. The van der Waals surface area contributed by atoms with Crippen molar-refractivity contribution in [2.75, 3.05) is 17.1 Å². The van der Waals surface area contributed by atoms with Crippen molar-refractivity contribution in [2.24, 2.45) is 0 Å². The van der Waals surface area contributed by atoms with E-state index in [0.717, 1.165) is 10.4 Å². The lowest BCUT2D eigenvalue weighted by Gasteiger charge is -2.21. The van der Waals surface area contributed by atoms with E-state index in [-0.39, 0.29) is 4.90 Å². The summed E-state index contributed by atoms with van der Waals surface area (Å²) in [5.74, 6) is -0.465. The molecule has 0 atom stereocenters. The third kappa shape index (κ3) is 2.60. The van der Waals surface area contributed by atoms with Crippen LogP contribution >= 0.6 is 0 Å². The van der Waals surface area contributed by atoms with Crippen molar-refractivity contribution in [3.63, 3.8) is 0 Å². The zero-order valence-corrected chi connectivity index (χ0v) is 12.0. The Bertz CT molecular complexity index is 745. The van der Waals surface area contributed by atoms with Crippen LogP contribution in [0, 0.1) is 12.7 Å². The van der Waals surface area contributed by atoms with Gasteiger partial charge in [0.2, 0.25) is 0 Å². The average Bonchev–Trinajstić information content (AvgIpc) is 2.37. The van der Waals surface area contributed by atoms with Crippen molar-refractivity contribution in [1.29, 1.82) is 0 Å². The summed E-state index contributed by atoms with van der Waals surface area (Å²) in [4.78, 5) is 0.0730. The predicted molar refractivity (Wildman–Crippen MR) is 77.6 cm³/mol. The lowest BCUT2D eigenvalue weighted by Crippen LogP contribution is -2.27. The summed E-state index contributed by atoms with van der Waals surface area (Å²) in [6, 6.07) is 10.2. The molecule has 0 heterocycles. The first-order chi connectivity index (χ1) is 9.32. The van der Waals surface area contributed by atoms with E-state index in [1.165, 1.54) is 19.2 Å². The van der Waals surface area contributed by atoms with E-state index >= 15 is 0 Å². The molecule has 0 aliphatic heterocycles. The van der Waals surface area contributed by atoms with Crippen LogP contribution in [-0.2, 0) is 10.0 Å². The van der Waals surface area contributed by atoms with Gasteiger partial charge < -0.3 is 5.73 Å². The molecule has 0 radical (unpaired) electrons. The highest BCUT2D eigenvalue weighted by Gasteiger charge is 2.23. The molecule has 2 N–H and O–H groups in total. The zero-order chi connectivity index (χ0) is 14.9. The molecule has 0 amide bonds. The summed E-state index contributed by atoms with van der Waals surface area (Å²) in [5, 5.41) is 0. The molecule has 2 rings (SSSR count). The molecule has 0 saturated carbocycles. The monoisotopic (exact) mass is 294 g/mol. The van der Waals surface area contributed by atoms with Gasteiger partial charge in [-0.3, -0.25) is 4.31 Å². The highest BCUT2D eigenvalue weighted by Crippen LogP contribution is 2.25. The molecule has 0 fully saturated rings. The van der Waals surface area contributed by atoms with Crippen molar-refractivity contribution in [3.05, 3.63) is 53.8 Å². The molecule has 0 bridgehead atoms. The van der Waals surface area contributed by atoms with Crippen LogP contribution in [0.4, 0.5) is 15.8 Å². The lowest BCUT2D eigenvalue weighted by molar-refractivity contribution is 0.592. The minimum Gasteiger partial charge on any atom is -0.399 e. The molecule has 2 aromatic carbocycles. The summed E-state index contributed by atoms with van der Waals surface area (Å²) >= 11 is 0. The number of nitrogens with two attached hydrogens (primary N) is 1. The fourth-order valence-corrected chi connectivity index (χ4v) is 3.30. The molecular formula is C14H15FN2O2S. The number of hydrogen-bond donors (Lipinski definition) is 1. The maximum atomic E-state index is 13.1. The summed E-state index contributed by atoms with van der Waals surface area (Å²) < 4.78 is 39.3. The van der Waals surface area contributed by atoms with Crippen LogP contribution < -0.4 is 10.0 Å². The first-order valence-corrected chi connectivity index (χ1v) is 7.37. The van der Waals surface area contributed by atoms with Gasteiger partial charge in [0.05, 0.1) is 10.6 Å². The van der Waals surface area contributed by atoms with Crippen LogP contribution in [0.2, 0.25) is 0 Å². The van der Waals surface area contributed by atoms with Gasteiger partial charge in [0.1, 0.15) is 5.82 Å². The zero-order valence-electron chi connectivity index (χ0n) is 11.2. The van der Waals surface area contributed by atoms with Crippen LogP contribution in [0.15, 0.2) is 47.4 Å². The maximum absolute atomic E-state index is 13.1. The van der Waals surface area contributed by atoms with Crippen molar-refractivity contribution < 1.29 is 12.8 Å². The first-order valence-electron chi connectivity index (χ1n) is 5.93. The van der Waals surface area contributed by atoms with Gasteiger partial charge in [0.15, 0.2) is 0 Å². The topological polar surface area (TPSA) is 63.4 Å². The van der Waals surface area contributed by atoms with Crippen LogP contribution in [0.3, 0.4) is 0 Å². The number of sulfonamides is 1. The third-order valence-electron chi connectivity index (χ3n) is 3.01. The molecule has 2 aromatic rings. The van der Waals surface area contributed by atoms with Gasteiger partial charge >= 0.3 is 0 Å². The van der Waals surface area contributed by atoms with Crippen molar-refractivity contribution in [3.8, 4) is 0 Å². The standard InChI is InChI=1S/C14H15FN2O2S/c1-10-8-11(15)6-7-14(10)20(18,19)17(2)13-5-3-4-12(16)9-13/h3-9H,16H2,1-2H3. The largest absolute Gasteiger partial charge is 0.399 e. The quantitative estimate of drug-likeness (QED) is 0.885. The lowest BCUT2D eigenvalue weighted by atomic mass is 10.2. The van der Waals surface area contributed by atoms with E-state index in [4.69, 9.17) is 5.73 Å². The molecule has 6 heteroatoms. The molecular weight excluding hydrogens is 279 g/mol. The highest BCUT2D eigenvalue weighted by atomic mass is 32.2. The van der Waals surface area contributed by atoms with E-state index in [1.807, 2.05) is 0 Å². The smallest absolute Gasteiger partial charge is 0.264 e. The number of hydrogen-bond acceptors (Lipinski definition) is 3. The van der Waals surface area contributed by atoms with Gasteiger partial charge in [-0.15, -0.1) is 0 Å². The third-order valence-corrected chi connectivity index (χ3v) is 4.96. The highest BCUT2D eigenvalue weighted by molar-refractivity contribution is 7.92. The maximum Gasteiger partial charge on any atom is 0.264 e. The molecule has 0 spiro atoms. The SMILES string of the molecule is Cc1cc(F)ccc1S(=O)(=O)N(C)c1cccc(N)c1. The van der Waals surface area contributed by atoms with Crippen LogP contribution in [0.25, 0.3) is 0 Å². The van der Waals surface area contributed by atoms with Gasteiger partial charge in [-0.25, -0.2) is 12.8 Å². The Morgan fingerprint density at radius 3 is 2.45 bits per heavy atom. The Morgan fingerprint density at radius 1 is 1.15 bits per heavy atom. The second-order valence-corrected chi connectivity index (χ2v) is 6.42. The fourth-order valence-electron chi connectivity index (χ4n) is 1.91. The summed E-state index contributed by atoms with van der Waals surface area (Å²) in [7, 11) is -2.31. The Morgan fingerprint density at radius 2 is 1.85 bits per heavy atom. The number of nitrogens with zero attached hydrogens (tertiary/aromatic N) is 1. The molecule has 0 aliphatic rings. The fraction of sp³-hybridized carbons (Fsp3) is 0.143. The van der Waals surface area contributed by atoms with Crippen LogP contribution in [-0.4, -0.2) is 15.5 Å². The number of anilines is 2. The number of halogens is 1. The van der Waals surface area contributed by atoms with Crippen LogP contribution in [0.1, 0.15) is 5.56 Å². The second kappa shape index (κ2) is 5.13. The first kappa shape index (κ1) is 14.3. The summed E-state index contributed by atoms with van der Waals surface area (Å²) in [5.41, 5.74) is 6.94. The van der Waals surface area contributed by atoms with Crippen molar-refractivity contribution in [1.82, 2.24) is 0 Å². The van der Waals surface area contributed by atoms with E-state index in [0.29, 0.717) is 16.9 Å². The minimum atomic E-state index is -3.75. The molecule has 0 aliphatic carbocycles. The summed E-state index contributed by atoms with van der Waals surface area (Å²) in [6.07, 6.45) is 0. The number of benzene rings is 2. The van der Waals surface area contributed by atoms with E-state index in [9.17, 15) is 12.8 Å². The van der Waals surface area contributed by atoms with Gasteiger partial charge in [0, 0.05) is 12.7 Å². The van der Waals surface area contributed by atoms with Crippen molar-refractivity contribution >= 4 is 21.4 Å². The molecule has 0 saturated heterocycles. The molecule has 0 aromatic heterocycles. The van der Waals surface area contributed by atoms with Crippen LogP contribution in [0.5, 0.6) is 0 Å². The second-order valence-electron chi connectivity index (χ2n) is 4.48. The Hall–Kier alpha value is -2.08. The molecule has 20 heavy (non-hydrogen) atoms. The normalized spacial score (nSPS) is 11.3. The summed E-state index contributed by atoms with van der Waals surface area (Å²) in [6.45, 7) is 1.56. The number of aryl methyl sites for hydroxylation is 1. The molecule has 0 unspecified atom stereocenters. The van der Waals surface area contributed by atoms with Gasteiger partial charge in [-0.2, -0.15) is 0 Å². The van der Waals surface area contributed by atoms with E-state index in [2.05, 4.69) is 0 Å². The van der Waals surface area contributed by atoms with E-state index < -0.39 is 15.8 Å². The Balaban J connectivity index is 2.49. The Labute approximate surface area is 117 Å². The number of nitrogen functional groups attached to an aromatic ring is 1. The van der Waals surface area contributed by atoms with Gasteiger partial charge in [0.25, 0.3) is 10.0 Å². The van der Waals surface area contributed by atoms with Gasteiger partial charge in [-0.05, 0) is 48.9 Å². The minimum absolute atomic E-state index is 0.0730. The van der Waals surface area contributed by atoms with E-state index in [1.54, 1.807) is 31.2 Å². The van der Waals surface area contributed by atoms with Gasteiger partial charge in [-0.1, -0.05) is 6.07 Å². The molecule has 106 valence electrons.